The molecule has 0 radical (unpaired) electrons. The van der Waals surface area contributed by atoms with E-state index in [1.54, 1.807) is 11.9 Å². The Hall–Kier alpha value is -0.670. The highest BCUT2D eigenvalue weighted by atomic mass is 32.2. The van der Waals surface area contributed by atoms with Crippen molar-refractivity contribution in [2.24, 2.45) is 0 Å². The molecule has 96 valence electrons. The molecule has 1 aromatic carbocycles. The SMILES string of the molecule is CCCCC(C)(C)NSCc1cccc(N)c1. The van der Waals surface area contributed by atoms with E-state index in [9.17, 15) is 0 Å². The topological polar surface area (TPSA) is 38.0 Å². The molecule has 0 aliphatic rings. The minimum atomic E-state index is 0.209. The molecule has 0 saturated carbocycles. The summed E-state index contributed by atoms with van der Waals surface area (Å²) < 4.78 is 3.54. The molecule has 3 N–H and O–H groups in total. The van der Waals surface area contributed by atoms with Gasteiger partial charge in [0.1, 0.15) is 0 Å². The van der Waals surface area contributed by atoms with Crippen molar-refractivity contribution in [1.82, 2.24) is 4.72 Å². The first kappa shape index (κ1) is 14.4. The van der Waals surface area contributed by atoms with Gasteiger partial charge in [0, 0.05) is 17.0 Å². The molecular formula is C14H24N2S. The minimum Gasteiger partial charge on any atom is -0.399 e. The summed E-state index contributed by atoms with van der Waals surface area (Å²) in [6.07, 6.45) is 3.75. The van der Waals surface area contributed by atoms with Crippen molar-refractivity contribution in [2.45, 2.75) is 51.3 Å². The van der Waals surface area contributed by atoms with Crippen molar-refractivity contribution < 1.29 is 0 Å². The van der Waals surface area contributed by atoms with Gasteiger partial charge in [0.2, 0.25) is 0 Å². The highest BCUT2D eigenvalue weighted by Gasteiger charge is 2.15. The van der Waals surface area contributed by atoms with Gasteiger partial charge in [-0.3, -0.25) is 4.72 Å². The fourth-order valence-electron chi connectivity index (χ4n) is 1.67. The number of hydrogen-bond donors (Lipinski definition) is 2. The van der Waals surface area contributed by atoms with E-state index in [-0.39, 0.29) is 5.54 Å². The number of nitrogen functional groups attached to an aromatic ring is 1. The Balaban J connectivity index is 2.32. The van der Waals surface area contributed by atoms with Crippen molar-refractivity contribution in [1.29, 1.82) is 0 Å². The second-order valence-corrected chi connectivity index (χ2v) is 5.90. The molecule has 0 aromatic heterocycles. The van der Waals surface area contributed by atoms with Gasteiger partial charge in [0.05, 0.1) is 0 Å². The molecule has 0 amide bonds. The van der Waals surface area contributed by atoms with Crippen molar-refractivity contribution in [3.05, 3.63) is 29.8 Å². The predicted molar refractivity (Wildman–Crippen MR) is 78.9 cm³/mol. The van der Waals surface area contributed by atoms with Gasteiger partial charge in [0.25, 0.3) is 0 Å². The van der Waals surface area contributed by atoms with E-state index in [4.69, 9.17) is 5.73 Å². The first-order valence-corrected chi connectivity index (χ1v) is 7.25. The summed E-state index contributed by atoms with van der Waals surface area (Å²) in [5.74, 6) is 0.959. The molecule has 0 unspecified atom stereocenters. The van der Waals surface area contributed by atoms with Crippen molar-refractivity contribution in [2.75, 3.05) is 5.73 Å². The third kappa shape index (κ3) is 5.99. The van der Waals surface area contributed by atoms with Crippen LogP contribution in [-0.4, -0.2) is 5.54 Å². The van der Waals surface area contributed by atoms with Crippen molar-refractivity contribution >= 4 is 17.6 Å². The first-order chi connectivity index (χ1) is 8.03. The van der Waals surface area contributed by atoms with Gasteiger partial charge < -0.3 is 5.73 Å². The largest absolute Gasteiger partial charge is 0.399 e. The zero-order valence-corrected chi connectivity index (χ0v) is 11.9. The van der Waals surface area contributed by atoms with Crippen LogP contribution in [0.25, 0.3) is 0 Å². The molecule has 0 bridgehead atoms. The molecule has 0 heterocycles. The summed E-state index contributed by atoms with van der Waals surface area (Å²) in [5.41, 5.74) is 8.07. The van der Waals surface area contributed by atoms with Gasteiger partial charge in [-0.25, -0.2) is 0 Å². The van der Waals surface area contributed by atoms with Gasteiger partial charge in [0.15, 0.2) is 0 Å². The summed E-state index contributed by atoms with van der Waals surface area (Å²) in [7, 11) is 0. The van der Waals surface area contributed by atoms with Gasteiger partial charge in [-0.05, 0) is 38.0 Å². The van der Waals surface area contributed by atoms with E-state index in [2.05, 4.69) is 31.6 Å². The van der Waals surface area contributed by atoms with E-state index < -0.39 is 0 Å². The summed E-state index contributed by atoms with van der Waals surface area (Å²) >= 11 is 1.77. The van der Waals surface area contributed by atoms with Crippen LogP contribution in [0.3, 0.4) is 0 Å². The zero-order chi connectivity index (χ0) is 12.7. The van der Waals surface area contributed by atoms with E-state index in [0.717, 1.165) is 11.4 Å². The van der Waals surface area contributed by atoms with E-state index in [0.29, 0.717) is 0 Å². The van der Waals surface area contributed by atoms with Crippen LogP contribution in [0.4, 0.5) is 5.69 Å². The molecule has 0 aliphatic heterocycles. The van der Waals surface area contributed by atoms with Crippen LogP contribution in [0.1, 0.15) is 45.6 Å². The Morgan fingerprint density at radius 2 is 2.12 bits per heavy atom. The van der Waals surface area contributed by atoms with Crippen LogP contribution < -0.4 is 10.5 Å². The molecule has 0 fully saturated rings. The third-order valence-electron chi connectivity index (χ3n) is 2.69. The van der Waals surface area contributed by atoms with Gasteiger partial charge in [-0.15, -0.1) is 0 Å². The average Bonchev–Trinajstić information content (AvgIpc) is 2.26. The lowest BCUT2D eigenvalue weighted by Crippen LogP contribution is -2.34. The molecule has 3 heteroatoms. The maximum atomic E-state index is 5.75. The highest BCUT2D eigenvalue weighted by molar-refractivity contribution is 7.96. The highest BCUT2D eigenvalue weighted by Crippen LogP contribution is 2.19. The number of rotatable bonds is 7. The standard InChI is InChI=1S/C14H24N2S/c1-4-5-9-14(2,3)16-17-11-12-7-6-8-13(15)10-12/h6-8,10,16H,4-5,9,11,15H2,1-3H3. The van der Waals surface area contributed by atoms with Gasteiger partial charge >= 0.3 is 0 Å². The molecule has 2 nitrogen and oxygen atoms in total. The second-order valence-electron chi connectivity index (χ2n) is 5.12. The van der Waals surface area contributed by atoms with Crippen LogP contribution >= 0.6 is 11.9 Å². The lowest BCUT2D eigenvalue weighted by Gasteiger charge is -2.25. The fourth-order valence-corrected chi connectivity index (χ4v) is 2.58. The molecule has 1 rings (SSSR count). The number of nitrogens with two attached hydrogens (primary N) is 1. The maximum Gasteiger partial charge on any atom is 0.0331 e. The minimum absolute atomic E-state index is 0.209. The lowest BCUT2D eigenvalue weighted by molar-refractivity contribution is 0.425. The molecule has 0 atom stereocenters. The van der Waals surface area contributed by atoms with Gasteiger partial charge in [-0.2, -0.15) is 0 Å². The number of unbranched alkanes of at least 4 members (excludes halogenated alkanes) is 1. The molecule has 0 saturated heterocycles. The molecule has 0 aliphatic carbocycles. The average molecular weight is 252 g/mol. The summed E-state index contributed by atoms with van der Waals surface area (Å²) in [5, 5.41) is 0. The molecule has 17 heavy (non-hydrogen) atoms. The molecule has 0 spiro atoms. The van der Waals surface area contributed by atoms with Crippen molar-refractivity contribution in [3.8, 4) is 0 Å². The van der Waals surface area contributed by atoms with Crippen molar-refractivity contribution in [3.63, 3.8) is 0 Å². The van der Waals surface area contributed by atoms with Crippen LogP contribution in [0.2, 0.25) is 0 Å². The number of anilines is 1. The summed E-state index contributed by atoms with van der Waals surface area (Å²) in [6.45, 7) is 6.75. The van der Waals surface area contributed by atoms with E-state index in [1.807, 2.05) is 18.2 Å². The van der Waals surface area contributed by atoms with Crippen LogP contribution in [0.15, 0.2) is 24.3 Å². The van der Waals surface area contributed by atoms with E-state index in [1.165, 1.54) is 24.8 Å². The zero-order valence-electron chi connectivity index (χ0n) is 11.1. The first-order valence-electron chi connectivity index (χ1n) is 6.27. The predicted octanol–water partition coefficient (Wildman–Crippen LogP) is 3.98. The lowest BCUT2D eigenvalue weighted by atomic mass is 9.99. The third-order valence-corrected chi connectivity index (χ3v) is 3.87. The van der Waals surface area contributed by atoms with Crippen LogP contribution in [0.5, 0.6) is 0 Å². The smallest absolute Gasteiger partial charge is 0.0331 e. The molecular weight excluding hydrogens is 228 g/mol. The molecule has 1 aromatic rings. The Labute approximate surface area is 109 Å². The Morgan fingerprint density at radius 1 is 1.35 bits per heavy atom. The second kappa shape index (κ2) is 6.92. The van der Waals surface area contributed by atoms with Gasteiger partial charge in [-0.1, -0.05) is 43.8 Å². The maximum absolute atomic E-state index is 5.75. The Kier molecular flexibility index (Phi) is 5.86. The number of nitrogens with one attached hydrogen (secondary N) is 1. The summed E-state index contributed by atoms with van der Waals surface area (Å²) in [6, 6.07) is 8.08. The Morgan fingerprint density at radius 3 is 2.76 bits per heavy atom. The summed E-state index contributed by atoms with van der Waals surface area (Å²) in [4.78, 5) is 0. The quantitative estimate of drug-likeness (QED) is 0.569. The van der Waals surface area contributed by atoms with Crippen LogP contribution in [0, 0.1) is 0 Å². The van der Waals surface area contributed by atoms with E-state index >= 15 is 0 Å². The number of hydrogen-bond acceptors (Lipinski definition) is 3. The normalized spacial score (nSPS) is 11.7. The number of benzene rings is 1. The van der Waals surface area contributed by atoms with Crippen LogP contribution in [-0.2, 0) is 5.75 Å². The monoisotopic (exact) mass is 252 g/mol. The Bertz CT molecular complexity index is 337. The fraction of sp³-hybridized carbons (Fsp3) is 0.571.